The monoisotopic (exact) mass is 461 g/mol. The van der Waals surface area contributed by atoms with Gasteiger partial charge in [-0.2, -0.15) is 0 Å². The first-order valence-electron chi connectivity index (χ1n) is 8.67. The third-order valence-electron chi connectivity index (χ3n) is 3.77. The van der Waals surface area contributed by atoms with E-state index in [0.29, 0.717) is 11.3 Å². The summed E-state index contributed by atoms with van der Waals surface area (Å²) in [4.78, 5) is 47.2. The van der Waals surface area contributed by atoms with E-state index in [9.17, 15) is 19.2 Å². The zero-order valence-electron chi connectivity index (χ0n) is 15.7. The number of benzene rings is 2. The zero-order chi connectivity index (χ0) is 21.2. The Labute approximate surface area is 176 Å². The second-order valence-corrected chi connectivity index (χ2v) is 6.82. The molecule has 0 saturated heterocycles. The first kappa shape index (κ1) is 22.1. The fourth-order valence-electron chi connectivity index (χ4n) is 2.28. The fourth-order valence-corrected chi connectivity index (χ4v) is 2.55. The summed E-state index contributed by atoms with van der Waals surface area (Å²) < 4.78 is 5.33. The second kappa shape index (κ2) is 11.0. The van der Waals surface area contributed by atoms with Gasteiger partial charge < -0.3 is 20.7 Å². The molecule has 9 heteroatoms. The summed E-state index contributed by atoms with van der Waals surface area (Å²) in [5.74, 6) is -1.61. The number of nitrogens with one attached hydrogen (secondary N) is 3. The highest BCUT2D eigenvalue weighted by Gasteiger charge is 2.10. The number of hydrogen-bond donors (Lipinski definition) is 3. The predicted octanol–water partition coefficient (Wildman–Crippen LogP) is 2.11. The molecule has 3 N–H and O–H groups in total. The molecular formula is C20H20BrN3O5. The van der Waals surface area contributed by atoms with Gasteiger partial charge in [0.25, 0.3) is 11.8 Å². The molecule has 0 aliphatic heterocycles. The van der Waals surface area contributed by atoms with E-state index in [1.54, 1.807) is 42.5 Å². The van der Waals surface area contributed by atoms with Crippen molar-refractivity contribution in [3.63, 3.8) is 0 Å². The van der Waals surface area contributed by atoms with Gasteiger partial charge in [0.05, 0.1) is 7.11 Å². The van der Waals surface area contributed by atoms with E-state index in [-0.39, 0.29) is 36.9 Å². The Kier molecular flexibility index (Phi) is 8.35. The summed E-state index contributed by atoms with van der Waals surface area (Å²) in [6, 6.07) is 13.2. The van der Waals surface area contributed by atoms with Crippen molar-refractivity contribution in [1.82, 2.24) is 10.6 Å². The molecule has 29 heavy (non-hydrogen) atoms. The Morgan fingerprint density at radius 1 is 0.931 bits per heavy atom. The molecule has 0 fully saturated rings. The Morgan fingerprint density at radius 2 is 1.62 bits per heavy atom. The summed E-state index contributed by atoms with van der Waals surface area (Å²) >= 11 is 3.30. The minimum absolute atomic E-state index is 0.0705. The lowest BCUT2D eigenvalue weighted by Crippen LogP contribution is -2.30. The van der Waals surface area contributed by atoms with Crippen LogP contribution in [0.25, 0.3) is 0 Å². The number of carbonyl (C=O) groups excluding carboxylic acids is 4. The van der Waals surface area contributed by atoms with E-state index < -0.39 is 11.9 Å². The Morgan fingerprint density at radius 3 is 2.31 bits per heavy atom. The smallest absolute Gasteiger partial charge is 0.325 e. The van der Waals surface area contributed by atoms with Crippen molar-refractivity contribution in [3.8, 4) is 0 Å². The quantitative estimate of drug-likeness (QED) is 0.521. The average molecular weight is 462 g/mol. The van der Waals surface area contributed by atoms with Crippen LogP contribution in [0.2, 0.25) is 0 Å². The predicted molar refractivity (Wildman–Crippen MR) is 111 cm³/mol. The maximum atomic E-state index is 12.1. The van der Waals surface area contributed by atoms with E-state index in [0.717, 1.165) is 4.47 Å². The third kappa shape index (κ3) is 7.38. The number of rotatable bonds is 8. The van der Waals surface area contributed by atoms with E-state index in [1.807, 2.05) is 0 Å². The number of hydrogen-bond acceptors (Lipinski definition) is 5. The van der Waals surface area contributed by atoms with Crippen molar-refractivity contribution in [1.29, 1.82) is 0 Å². The molecule has 0 spiro atoms. The standard InChI is InChI=1S/C20H20BrN3O5/c1-29-18(26)12-23-20(28)14-3-2-4-16(11-14)24-17(25)9-10-22-19(27)13-5-7-15(21)8-6-13/h2-8,11H,9-10,12H2,1H3,(H,22,27)(H,23,28)(H,24,25). The Balaban J connectivity index is 1.81. The number of amides is 3. The largest absolute Gasteiger partial charge is 0.468 e. The van der Waals surface area contributed by atoms with Gasteiger partial charge in [0.1, 0.15) is 6.54 Å². The van der Waals surface area contributed by atoms with Crippen molar-refractivity contribution in [2.75, 3.05) is 25.5 Å². The van der Waals surface area contributed by atoms with Crippen molar-refractivity contribution < 1.29 is 23.9 Å². The van der Waals surface area contributed by atoms with Crippen LogP contribution in [0, 0.1) is 0 Å². The molecule has 2 aromatic carbocycles. The highest BCUT2D eigenvalue weighted by atomic mass is 79.9. The molecule has 0 saturated carbocycles. The first-order chi connectivity index (χ1) is 13.9. The molecule has 3 amide bonds. The number of ether oxygens (including phenoxy) is 1. The highest BCUT2D eigenvalue weighted by Crippen LogP contribution is 2.12. The number of halogens is 1. The number of anilines is 1. The van der Waals surface area contributed by atoms with E-state index >= 15 is 0 Å². The Bertz CT molecular complexity index is 899. The summed E-state index contributed by atoms with van der Waals surface area (Å²) in [5.41, 5.74) is 1.22. The van der Waals surface area contributed by atoms with Gasteiger partial charge in [0.15, 0.2) is 0 Å². The number of methoxy groups -OCH3 is 1. The molecule has 0 bridgehead atoms. The van der Waals surface area contributed by atoms with Crippen LogP contribution in [0.5, 0.6) is 0 Å². The van der Waals surface area contributed by atoms with Gasteiger partial charge in [-0.15, -0.1) is 0 Å². The van der Waals surface area contributed by atoms with E-state index in [2.05, 4.69) is 36.6 Å². The summed E-state index contributed by atoms with van der Waals surface area (Å²) in [7, 11) is 1.23. The van der Waals surface area contributed by atoms with Gasteiger partial charge in [0, 0.05) is 34.3 Å². The molecule has 0 atom stereocenters. The first-order valence-corrected chi connectivity index (χ1v) is 9.47. The molecule has 0 radical (unpaired) electrons. The van der Waals surface area contributed by atoms with Crippen LogP contribution in [0.15, 0.2) is 53.0 Å². The maximum Gasteiger partial charge on any atom is 0.325 e. The van der Waals surface area contributed by atoms with E-state index in [4.69, 9.17) is 0 Å². The lowest BCUT2D eigenvalue weighted by Gasteiger charge is -2.09. The molecule has 0 heterocycles. The van der Waals surface area contributed by atoms with E-state index in [1.165, 1.54) is 13.2 Å². The van der Waals surface area contributed by atoms with Crippen molar-refractivity contribution in [2.24, 2.45) is 0 Å². The summed E-state index contributed by atoms with van der Waals surface area (Å²) in [5, 5.41) is 7.76. The molecular weight excluding hydrogens is 442 g/mol. The topological polar surface area (TPSA) is 114 Å². The SMILES string of the molecule is COC(=O)CNC(=O)c1cccc(NC(=O)CCNC(=O)c2ccc(Br)cc2)c1. The van der Waals surface area contributed by atoms with Gasteiger partial charge in [-0.1, -0.05) is 22.0 Å². The van der Waals surface area contributed by atoms with Crippen LogP contribution >= 0.6 is 15.9 Å². The van der Waals surface area contributed by atoms with Gasteiger partial charge in [-0.05, 0) is 42.5 Å². The fraction of sp³-hybridized carbons (Fsp3) is 0.200. The molecule has 152 valence electrons. The van der Waals surface area contributed by atoms with Gasteiger partial charge in [-0.3, -0.25) is 19.2 Å². The zero-order valence-corrected chi connectivity index (χ0v) is 17.2. The summed E-state index contributed by atoms with van der Waals surface area (Å²) in [6.07, 6.45) is 0.0705. The van der Waals surface area contributed by atoms with Crippen LogP contribution in [-0.2, 0) is 14.3 Å². The lowest BCUT2D eigenvalue weighted by atomic mass is 10.2. The molecule has 0 aliphatic carbocycles. The minimum Gasteiger partial charge on any atom is -0.468 e. The summed E-state index contributed by atoms with van der Waals surface area (Å²) in [6.45, 7) is -0.0793. The van der Waals surface area contributed by atoms with Crippen molar-refractivity contribution in [3.05, 3.63) is 64.1 Å². The second-order valence-electron chi connectivity index (χ2n) is 5.90. The minimum atomic E-state index is -0.562. The van der Waals surface area contributed by atoms with Gasteiger partial charge in [-0.25, -0.2) is 0 Å². The lowest BCUT2D eigenvalue weighted by molar-refractivity contribution is -0.139. The maximum absolute atomic E-state index is 12.1. The van der Waals surface area contributed by atoms with Crippen LogP contribution in [0.4, 0.5) is 5.69 Å². The Hall–Kier alpha value is -3.20. The molecule has 0 aromatic heterocycles. The van der Waals surface area contributed by atoms with Crippen LogP contribution in [0.1, 0.15) is 27.1 Å². The van der Waals surface area contributed by atoms with Gasteiger partial charge in [0.2, 0.25) is 5.91 Å². The normalized spacial score (nSPS) is 10.0. The van der Waals surface area contributed by atoms with Crippen LogP contribution < -0.4 is 16.0 Å². The molecule has 2 rings (SSSR count). The third-order valence-corrected chi connectivity index (χ3v) is 4.30. The number of carbonyl (C=O) groups is 4. The van der Waals surface area contributed by atoms with Crippen LogP contribution in [-0.4, -0.2) is 43.9 Å². The van der Waals surface area contributed by atoms with Crippen molar-refractivity contribution in [2.45, 2.75) is 6.42 Å². The molecule has 2 aromatic rings. The average Bonchev–Trinajstić information content (AvgIpc) is 2.72. The molecule has 8 nitrogen and oxygen atoms in total. The number of esters is 1. The highest BCUT2D eigenvalue weighted by molar-refractivity contribution is 9.10. The van der Waals surface area contributed by atoms with Crippen molar-refractivity contribution >= 4 is 45.3 Å². The molecule has 0 aliphatic rings. The van der Waals surface area contributed by atoms with Crippen LogP contribution in [0.3, 0.4) is 0 Å². The van der Waals surface area contributed by atoms with Gasteiger partial charge >= 0.3 is 5.97 Å². The molecule has 0 unspecified atom stereocenters.